The van der Waals surface area contributed by atoms with Gasteiger partial charge < -0.3 is 28.8 Å². The Labute approximate surface area is 263 Å². The molecule has 0 atom stereocenters. The summed E-state index contributed by atoms with van der Waals surface area (Å²) in [5, 5.41) is 18.8. The van der Waals surface area contributed by atoms with E-state index in [1.807, 2.05) is 0 Å². The molecule has 0 aromatic rings. The third-order valence-electron chi connectivity index (χ3n) is 8.24. The average molecular weight is 599 g/mol. The highest BCUT2D eigenvalue weighted by Crippen LogP contribution is 2.17. The van der Waals surface area contributed by atoms with Crippen LogP contribution in [-0.4, -0.2) is 73.3 Å². The number of carboxylic acid groups (broad SMARTS) is 2. The van der Waals surface area contributed by atoms with Crippen molar-refractivity contribution in [2.75, 3.05) is 52.4 Å². The number of aliphatic carboxylic acids is 2. The van der Waals surface area contributed by atoms with Crippen molar-refractivity contribution < 1.29 is 28.8 Å². The maximum atomic E-state index is 9.41. The molecular weight excluding hydrogens is 524 g/mol. The largest absolute Gasteiger partial charge is 0.545 e. The molecule has 0 aliphatic carbocycles. The minimum atomic E-state index is -1.55. The third kappa shape index (κ3) is 28.7. The highest BCUT2D eigenvalue weighted by molar-refractivity contribution is 5.87. The summed E-state index contributed by atoms with van der Waals surface area (Å²) in [6.07, 6.45) is 22.9. The molecule has 0 saturated carbocycles. The van der Waals surface area contributed by atoms with Crippen LogP contribution >= 0.6 is 0 Å². The van der Waals surface area contributed by atoms with E-state index in [1.165, 1.54) is 164 Å². The molecule has 0 aliphatic heterocycles. The summed E-state index contributed by atoms with van der Waals surface area (Å²) in [4.78, 5) is 18.8. The molecule has 0 radical (unpaired) electrons. The maximum absolute atomic E-state index is 9.41. The minimum absolute atomic E-state index is 0.384. The van der Waals surface area contributed by atoms with Gasteiger partial charge in [-0.1, -0.05) is 107 Å². The first-order valence-corrected chi connectivity index (χ1v) is 17.9. The monoisotopic (exact) mass is 599 g/mol. The van der Waals surface area contributed by atoms with Crippen molar-refractivity contribution in [2.45, 2.75) is 158 Å². The molecule has 0 aromatic heterocycles. The smallest absolute Gasteiger partial charge is 0.0786 e. The van der Waals surface area contributed by atoms with Crippen LogP contribution in [0.15, 0.2) is 12.2 Å². The zero-order chi connectivity index (χ0) is 32.5. The first-order chi connectivity index (χ1) is 20.1. The maximum Gasteiger partial charge on any atom is 0.0786 e. The van der Waals surface area contributed by atoms with Crippen LogP contribution in [0.2, 0.25) is 0 Å². The van der Waals surface area contributed by atoms with Gasteiger partial charge in [0.05, 0.1) is 64.3 Å². The molecule has 0 rings (SSSR count). The highest BCUT2D eigenvalue weighted by Gasteiger charge is 2.25. The summed E-state index contributed by atoms with van der Waals surface area (Å²) in [6, 6.07) is 0. The van der Waals surface area contributed by atoms with Gasteiger partial charge in [0.25, 0.3) is 0 Å². The normalized spacial score (nSPS) is 11.5. The number of carboxylic acids is 2. The average Bonchev–Trinajstić information content (AvgIpc) is 2.99. The van der Waals surface area contributed by atoms with Gasteiger partial charge in [-0.05, 0) is 63.5 Å². The molecule has 0 fully saturated rings. The van der Waals surface area contributed by atoms with E-state index in [-0.39, 0.29) is 0 Å². The molecule has 0 aliphatic rings. The van der Waals surface area contributed by atoms with Gasteiger partial charge in [0.15, 0.2) is 0 Å². The zero-order valence-electron chi connectivity index (χ0n) is 29.7. The Morgan fingerprint density at radius 1 is 0.381 bits per heavy atom. The van der Waals surface area contributed by atoms with E-state index >= 15 is 0 Å². The second-order valence-electron chi connectivity index (χ2n) is 12.3. The number of unbranched alkanes of at least 4 members (excludes halogenated alkanes) is 8. The number of hydrogen-bond donors (Lipinski definition) is 0. The minimum Gasteiger partial charge on any atom is -0.545 e. The van der Waals surface area contributed by atoms with Crippen LogP contribution < -0.4 is 10.2 Å². The molecule has 0 amide bonds. The van der Waals surface area contributed by atoms with Gasteiger partial charge in [0.2, 0.25) is 0 Å². The lowest BCUT2D eigenvalue weighted by Gasteiger charge is -2.39. The Kier molecular flexibility index (Phi) is 34.9. The first-order valence-electron chi connectivity index (χ1n) is 17.9. The molecule has 252 valence electrons. The van der Waals surface area contributed by atoms with Crippen molar-refractivity contribution in [3.05, 3.63) is 12.2 Å². The van der Waals surface area contributed by atoms with Crippen LogP contribution in [0.3, 0.4) is 0 Å². The molecule has 0 spiro atoms. The summed E-state index contributed by atoms with van der Waals surface area (Å²) in [6.45, 7) is 30.0. The number of carbonyl (C=O) groups is 2. The summed E-state index contributed by atoms with van der Waals surface area (Å²) >= 11 is 0. The van der Waals surface area contributed by atoms with Gasteiger partial charge in [-0.3, -0.25) is 0 Å². The van der Waals surface area contributed by atoms with Gasteiger partial charge in [-0.2, -0.15) is 0 Å². The lowest BCUT2D eigenvalue weighted by Crippen LogP contribution is -2.50. The van der Waals surface area contributed by atoms with Gasteiger partial charge in [0.1, 0.15) is 0 Å². The zero-order valence-corrected chi connectivity index (χ0v) is 29.7. The Morgan fingerprint density at radius 3 is 0.619 bits per heavy atom. The van der Waals surface area contributed by atoms with E-state index in [1.54, 1.807) is 0 Å². The van der Waals surface area contributed by atoms with Gasteiger partial charge in [-0.25, -0.2) is 0 Å². The molecule has 0 heterocycles. The van der Waals surface area contributed by atoms with E-state index in [0.29, 0.717) is 12.2 Å². The van der Waals surface area contributed by atoms with Crippen molar-refractivity contribution in [3.63, 3.8) is 0 Å². The molecule has 0 saturated heterocycles. The number of nitrogens with zero attached hydrogens (tertiary/aromatic N) is 2. The van der Waals surface area contributed by atoms with Crippen molar-refractivity contribution in [1.82, 2.24) is 0 Å². The Bertz CT molecular complexity index is 495. The first kappa shape index (κ1) is 45.0. The van der Waals surface area contributed by atoms with E-state index in [4.69, 9.17) is 0 Å². The number of carbonyl (C=O) groups excluding carboxylic acids is 2. The number of quaternary nitrogens is 2. The van der Waals surface area contributed by atoms with Crippen LogP contribution in [0.5, 0.6) is 0 Å². The lowest BCUT2D eigenvalue weighted by molar-refractivity contribution is -0.929. The van der Waals surface area contributed by atoms with E-state index in [9.17, 15) is 19.8 Å². The van der Waals surface area contributed by atoms with Crippen LogP contribution in [0, 0.1) is 0 Å². The van der Waals surface area contributed by atoms with Gasteiger partial charge in [0, 0.05) is 0 Å². The van der Waals surface area contributed by atoms with E-state index in [0.717, 1.165) is 0 Å². The van der Waals surface area contributed by atoms with Crippen LogP contribution in [0.25, 0.3) is 0 Å². The van der Waals surface area contributed by atoms with E-state index < -0.39 is 11.9 Å². The highest BCUT2D eigenvalue weighted by atomic mass is 16.4. The Hall–Kier alpha value is -1.40. The summed E-state index contributed by atoms with van der Waals surface area (Å²) in [5.74, 6) is -3.09. The fourth-order valence-corrected chi connectivity index (χ4v) is 5.43. The van der Waals surface area contributed by atoms with Gasteiger partial charge >= 0.3 is 0 Å². The predicted molar refractivity (Wildman–Crippen MR) is 178 cm³/mol. The molecule has 42 heavy (non-hydrogen) atoms. The summed E-state index contributed by atoms with van der Waals surface area (Å²) in [5.41, 5.74) is 0. The van der Waals surface area contributed by atoms with Crippen molar-refractivity contribution in [2.24, 2.45) is 0 Å². The Balaban J connectivity index is -0.000000579. The predicted octanol–water partition coefficient (Wildman–Crippen LogP) is 7.05. The van der Waals surface area contributed by atoms with Crippen LogP contribution in [0.1, 0.15) is 158 Å². The van der Waals surface area contributed by atoms with Gasteiger partial charge in [-0.15, -0.1) is 0 Å². The van der Waals surface area contributed by atoms with Crippen molar-refractivity contribution in [3.8, 4) is 0 Å². The lowest BCUT2D eigenvalue weighted by atomic mass is 10.1. The molecule has 0 aromatic carbocycles. The number of hydrogen-bond acceptors (Lipinski definition) is 4. The van der Waals surface area contributed by atoms with Crippen LogP contribution in [0.4, 0.5) is 0 Å². The van der Waals surface area contributed by atoms with E-state index in [2.05, 4.69) is 55.4 Å². The SMILES string of the molecule is CCCC[N+](CCCC)(CCCC)CCCC.CCCC[N+](CCCC)(CCCC)CCCC.O=C([O-])/C=C\C(=O)[O-]. The standard InChI is InChI=1S/2C16H36N.C4H4O4/c2*1-5-9-13-17(14-10-6-2,15-11-7-3)16-12-8-4;5-3(6)1-2-4(7)8/h2*5-16H2,1-4H3;1-2H,(H,5,6)(H,7,8)/q2*+1;/p-2/b;;2-1-. The van der Waals surface area contributed by atoms with Crippen molar-refractivity contribution in [1.29, 1.82) is 0 Å². The summed E-state index contributed by atoms with van der Waals surface area (Å²) < 4.78 is 2.84. The fourth-order valence-electron chi connectivity index (χ4n) is 5.43. The summed E-state index contributed by atoms with van der Waals surface area (Å²) in [7, 11) is 0. The fraction of sp³-hybridized carbons (Fsp3) is 0.889. The van der Waals surface area contributed by atoms with Crippen molar-refractivity contribution >= 4 is 11.9 Å². The van der Waals surface area contributed by atoms with Crippen LogP contribution in [-0.2, 0) is 9.59 Å². The molecule has 0 bridgehead atoms. The molecule has 0 N–H and O–H groups in total. The second kappa shape index (κ2) is 32.5. The second-order valence-corrected chi connectivity index (χ2v) is 12.3. The number of rotatable bonds is 26. The molecule has 6 nitrogen and oxygen atoms in total. The molecular formula is C36H74N2O4. The molecule has 6 heteroatoms. The quantitative estimate of drug-likeness (QED) is 0.0789. The topological polar surface area (TPSA) is 80.3 Å². The molecule has 0 unspecified atom stereocenters. The third-order valence-corrected chi connectivity index (χ3v) is 8.24. The Morgan fingerprint density at radius 2 is 0.524 bits per heavy atom.